The first-order valence-electron chi connectivity index (χ1n) is 6.28. The highest BCUT2D eigenvalue weighted by atomic mass is 19.1. The standard InChI is InChI=1S/C15H23F/c1-12(4-8-14(3)16)5-9-15-10-6-13(2)7-11-15/h4,8,13,15H,1,3,5-7,9-11H2,2H3/b8-4-. The van der Waals surface area contributed by atoms with E-state index in [1.54, 1.807) is 6.08 Å². The average Bonchev–Trinajstić information content (AvgIpc) is 2.25. The minimum absolute atomic E-state index is 0.396. The zero-order valence-corrected chi connectivity index (χ0v) is 10.3. The van der Waals surface area contributed by atoms with Gasteiger partial charge >= 0.3 is 0 Å². The van der Waals surface area contributed by atoms with Crippen molar-refractivity contribution in [2.45, 2.75) is 45.4 Å². The van der Waals surface area contributed by atoms with Crippen LogP contribution in [0.5, 0.6) is 0 Å². The van der Waals surface area contributed by atoms with Crippen LogP contribution in [0, 0.1) is 11.8 Å². The lowest BCUT2D eigenvalue weighted by atomic mass is 9.80. The summed E-state index contributed by atoms with van der Waals surface area (Å²) < 4.78 is 12.4. The maximum absolute atomic E-state index is 12.4. The third kappa shape index (κ3) is 5.29. The lowest BCUT2D eigenvalue weighted by molar-refractivity contribution is 0.278. The van der Waals surface area contributed by atoms with Crippen LogP contribution in [0.15, 0.2) is 36.7 Å². The van der Waals surface area contributed by atoms with Crippen LogP contribution in [0.3, 0.4) is 0 Å². The van der Waals surface area contributed by atoms with Gasteiger partial charge in [0.1, 0.15) is 5.83 Å². The van der Waals surface area contributed by atoms with Crippen molar-refractivity contribution in [2.75, 3.05) is 0 Å². The topological polar surface area (TPSA) is 0 Å². The molecular weight excluding hydrogens is 199 g/mol. The molecule has 1 saturated carbocycles. The Morgan fingerprint density at radius 2 is 1.81 bits per heavy atom. The molecule has 0 unspecified atom stereocenters. The first-order valence-corrected chi connectivity index (χ1v) is 6.28. The molecule has 0 bridgehead atoms. The van der Waals surface area contributed by atoms with E-state index in [1.165, 1.54) is 38.2 Å². The maximum atomic E-state index is 12.4. The van der Waals surface area contributed by atoms with Gasteiger partial charge in [-0.15, -0.1) is 0 Å². The Bertz CT molecular complexity index is 267. The summed E-state index contributed by atoms with van der Waals surface area (Å²) in [4.78, 5) is 0. The molecule has 1 rings (SSSR count). The van der Waals surface area contributed by atoms with Crippen LogP contribution in [-0.4, -0.2) is 0 Å². The van der Waals surface area contributed by atoms with E-state index >= 15 is 0 Å². The first kappa shape index (κ1) is 13.2. The Kier molecular flexibility index (Phi) is 5.51. The van der Waals surface area contributed by atoms with E-state index in [4.69, 9.17) is 0 Å². The summed E-state index contributed by atoms with van der Waals surface area (Å²) in [5.41, 5.74) is 1.01. The van der Waals surface area contributed by atoms with Crippen molar-refractivity contribution in [1.82, 2.24) is 0 Å². The molecule has 0 nitrogen and oxygen atoms in total. The van der Waals surface area contributed by atoms with Crippen LogP contribution < -0.4 is 0 Å². The van der Waals surface area contributed by atoms with Gasteiger partial charge in [-0.1, -0.05) is 57.4 Å². The van der Waals surface area contributed by atoms with Crippen LogP contribution in [0.25, 0.3) is 0 Å². The van der Waals surface area contributed by atoms with Crippen LogP contribution in [0.4, 0.5) is 4.39 Å². The fourth-order valence-corrected chi connectivity index (χ4v) is 2.30. The molecule has 1 aliphatic rings. The number of rotatable bonds is 5. The quantitative estimate of drug-likeness (QED) is 0.562. The molecule has 0 aromatic rings. The first-order chi connectivity index (χ1) is 7.58. The van der Waals surface area contributed by atoms with Crippen molar-refractivity contribution >= 4 is 0 Å². The molecule has 90 valence electrons. The molecule has 16 heavy (non-hydrogen) atoms. The highest BCUT2D eigenvalue weighted by Gasteiger charge is 2.17. The van der Waals surface area contributed by atoms with Crippen LogP contribution in [0.2, 0.25) is 0 Å². The summed E-state index contributed by atoms with van der Waals surface area (Å²) in [5.74, 6) is 1.37. The molecule has 1 fully saturated rings. The molecule has 1 heteroatoms. The second kappa shape index (κ2) is 6.67. The van der Waals surface area contributed by atoms with Gasteiger partial charge in [0.2, 0.25) is 0 Å². The van der Waals surface area contributed by atoms with Crippen molar-refractivity contribution in [1.29, 1.82) is 0 Å². The van der Waals surface area contributed by atoms with Gasteiger partial charge in [0.15, 0.2) is 0 Å². The molecular formula is C15H23F. The van der Waals surface area contributed by atoms with Gasteiger partial charge in [-0.05, 0) is 30.8 Å². The van der Waals surface area contributed by atoms with E-state index in [0.717, 1.165) is 23.8 Å². The third-order valence-corrected chi connectivity index (χ3v) is 3.51. The van der Waals surface area contributed by atoms with Gasteiger partial charge in [0, 0.05) is 0 Å². The Labute approximate surface area is 98.9 Å². The minimum atomic E-state index is -0.396. The fourth-order valence-electron chi connectivity index (χ4n) is 2.30. The van der Waals surface area contributed by atoms with Crippen molar-refractivity contribution in [3.63, 3.8) is 0 Å². The van der Waals surface area contributed by atoms with Gasteiger partial charge in [-0.2, -0.15) is 0 Å². The van der Waals surface area contributed by atoms with E-state index in [9.17, 15) is 4.39 Å². The van der Waals surface area contributed by atoms with Gasteiger partial charge in [-0.25, -0.2) is 4.39 Å². The van der Waals surface area contributed by atoms with Crippen LogP contribution in [-0.2, 0) is 0 Å². The van der Waals surface area contributed by atoms with Gasteiger partial charge in [0.25, 0.3) is 0 Å². The zero-order chi connectivity index (χ0) is 12.0. The molecule has 0 aliphatic heterocycles. The summed E-state index contributed by atoms with van der Waals surface area (Å²) >= 11 is 0. The highest BCUT2D eigenvalue weighted by Crippen LogP contribution is 2.31. The molecule has 0 aromatic heterocycles. The summed E-state index contributed by atoms with van der Waals surface area (Å²) in [5, 5.41) is 0. The molecule has 0 radical (unpaired) electrons. The monoisotopic (exact) mass is 222 g/mol. The number of hydrogen-bond donors (Lipinski definition) is 0. The van der Waals surface area contributed by atoms with Gasteiger partial charge in [-0.3, -0.25) is 0 Å². The molecule has 0 spiro atoms. The fraction of sp³-hybridized carbons (Fsp3) is 0.600. The largest absolute Gasteiger partial charge is 0.208 e. The molecule has 0 atom stereocenters. The summed E-state index contributed by atoms with van der Waals surface area (Å²) in [6, 6.07) is 0. The van der Waals surface area contributed by atoms with Gasteiger partial charge in [0.05, 0.1) is 0 Å². The summed E-state index contributed by atoms with van der Waals surface area (Å²) in [6.07, 6.45) is 10.8. The minimum Gasteiger partial charge on any atom is -0.208 e. The number of halogens is 1. The lowest BCUT2D eigenvalue weighted by Gasteiger charge is -2.26. The predicted octanol–water partition coefficient (Wildman–Crippen LogP) is 5.19. The molecule has 0 heterocycles. The Morgan fingerprint density at radius 3 is 2.38 bits per heavy atom. The molecule has 0 aromatic carbocycles. The van der Waals surface area contributed by atoms with Crippen LogP contribution >= 0.6 is 0 Å². The van der Waals surface area contributed by atoms with E-state index in [2.05, 4.69) is 20.1 Å². The Balaban J connectivity index is 2.19. The highest BCUT2D eigenvalue weighted by molar-refractivity contribution is 5.20. The van der Waals surface area contributed by atoms with E-state index in [1.807, 2.05) is 0 Å². The molecule has 0 N–H and O–H groups in total. The van der Waals surface area contributed by atoms with Crippen molar-refractivity contribution in [2.24, 2.45) is 11.8 Å². The van der Waals surface area contributed by atoms with E-state index < -0.39 is 5.83 Å². The molecule has 1 aliphatic carbocycles. The smallest absolute Gasteiger partial charge is 0.116 e. The summed E-state index contributed by atoms with van der Waals surface area (Å²) in [6.45, 7) is 9.46. The summed E-state index contributed by atoms with van der Waals surface area (Å²) in [7, 11) is 0. The SMILES string of the molecule is C=C(F)/C=C\C(=C)CCC1CCC(C)CC1. The second-order valence-electron chi connectivity index (χ2n) is 5.10. The Hall–Kier alpha value is -0.850. The van der Waals surface area contributed by atoms with Crippen LogP contribution in [0.1, 0.15) is 45.4 Å². The van der Waals surface area contributed by atoms with E-state index in [-0.39, 0.29) is 0 Å². The predicted molar refractivity (Wildman–Crippen MR) is 68.9 cm³/mol. The van der Waals surface area contributed by atoms with Crippen molar-refractivity contribution in [3.8, 4) is 0 Å². The lowest BCUT2D eigenvalue weighted by Crippen LogP contribution is -2.12. The second-order valence-corrected chi connectivity index (χ2v) is 5.10. The van der Waals surface area contributed by atoms with Crippen molar-refractivity contribution in [3.05, 3.63) is 36.7 Å². The maximum Gasteiger partial charge on any atom is 0.116 e. The Morgan fingerprint density at radius 1 is 1.19 bits per heavy atom. The number of allylic oxidation sites excluding steroid dienone is 4. The molecule has 0 saturated heterocycles. The van der Waals surface area contributed by atoms with E-state index in [0.29, 0.717) is 0 Å². The normalized spacial score (nSPS) is 25.9. The molecule has 0 amide bonds. The third-order valence-electron chi connectivity index (χ3n) is 3.51. The number of hydrogen-bond acceptors (Lipinski definition) is 0. The average molecular weight is 222 g/mol. The zero-order valence-electron chi connectivity index (χ0n) is 10.3. The van der Waals surface area contributed by atoms with Gasteiger partial charge < -0.3 is 0 Å². The van der Waals surface area contributed by atoms with Crippen molar-refractivity contribution < 1.29 is 4.39 Å².